The van der Waals surface area contributed by atoms with Gasteiger partial charge in [-0.15, -0.1) is 0 Å². The van der Waals surface area contributed by atoms with Gasteiger partial charge in [-0.25, -0.2) is 9.97 Å². The summed E-state index contributed by atoms with van der Waals surface area (Å²) in [6.07, 6.45) is 1.48. The maximum atomic E-state index is 11.0. The molecule has 0 unspecified atom stereocenters. The van der Waals surface area contributed by atoms with E-state index in [9.17, 15) is 10.1 Å². The summed E-state index contributed by atoms with van der Waals surface area (Å²) in [5.41, 5.74) is 1.11. The first kappa shape index (κ1) is 14.9. The van der Waals surface area contributed by atoms with Gasteiger partial charge in [0, 0.05) is 18.0 Å². The molecule has 0 aliphatic heterocycles. The maximum absolute atomic E-state index is 11.0. The summed E-state index contributed by atoms with van der Waals surface area (Å²) >= 11 is 1.04. The predicted molar refractivity (Wildman–Crippen MR) is 78.1 cm³/mol. The molecular formula is C14H12N4O2S. The zero-order valence-electron chi connectivity index (χ0n) is 11.5. The molecule has 0 atom stereocenters. The molecule has 2 aromatic rings. The average molecular weight is 300 g/mol. The SMILES string of the molecule is CC(C)c1ccc(C#N)c(Sc2ncccc2[N+](=O)[O-])n1. The first-order valence-electron chi connectivity index (χ1n) is 6.21. The number of nitriles is 1. The standard InChI is InChI=1S/C14H12N4O2S/c1-9(2)11-6-5-10(8-15)13(17-11)21-14-12(18(19)20)4-3-7-16-14/h3-7,9H,1-2H3. The fourth-order valence-corrected chi connectivity index (χ4v) is 2.55. The number of pyridine rings is 2. The van der Waals surface area contributed by atoms with Crippen molar-refractivity contribution < 1.29 is 4.92 Å². The molecule has 0 spiro atoms. The fourth-order valence-electron chi connectivity index (χ4n) is 1.63. The Morgan fingerprint density at radius 3 is 2.71 bits per heavy atom. The largest absolute Gasteiger partial charge is 0.301 e. The van der Waals surface area contributed by atoms with Crippen molar-refractivity contribution in [1.29, 1.82) is 5.26 Å². The molecule has 0 amide bonds. The van der Waals surface area contributed by atoms with Crippen LogP contribution in [0, 0.1) is 21.4 Å². The van der Waals surface area contributed by atoms with Gasteiger partial charge in [0.25, 0.3) is 0 Å². The highest BCUT2D eigenvalue weighted by Crippen LogP contribution is 2.34. The summed E-state index contributed by atoms with van der Waals surface area (Å²) in [5.74, 6) is 0.204. The van der Waals surface area contributed by atoms with E-state index in [0.717, 1.165) is 17.5 Å². The van der Waals surface area contributed by atoms with Crippen LogP contribution < -0.4 is 0 Å². The van der Waals surface area contributed by atoms with Crippen LogP contribution >= 0.6 is 11.8 Å². The van der Waals surface area contributed by atoms with Gasteiger partial charge in [-0.1, -0.05) is 13.8 Å². The molecule has 0 N–H and O–H groups in total. The van der Waals surface area contributed by atoms with E-state index >= 15 is 0 Å². The molecule has 0 saturated carbocycles. The van der Waals surface area contributed by atoms with Crippen LogP contribution in [0.4, 0.5) is 5.69 Å². The molecule has 0 aliphatic rings. The molecule has 0 radical (unpaired) electrons. The van der Waals surface area contributed by atoms with Crippen molar-refractivity contribution in [2.75, 3.05) is 0 Å². The number of aromatic nitrogens is 2. The lowest BCUT2D eigenvalue weighted by atomic mass is 10.1. The van der Waals surface area contributed by atoms with Gasteiger partial charge in [-0.05, 0) is 35.9 Å². The number of hydrogen-bond acceptors (Lipinski definition) is 6. The summed E-state index contributed by atoms with van der Waals surface area (Å²) in [6, 6.07) is 8.41. The highest BCUT2D eigenvalue weighted by Gasteiger charge is 2.18. The molecule has 21 heavy (non-hydrogen) atoms. The second kappa shape index (κ2) is 6.33. The Labute approximate surface area is 126 Å². The van der Waals surface area contributed by atoms with Gasteiger partial charge in [-0.2, -0.15) is 5.26 Å². The molecule has 0 aromatic carbocycles. The molecule has 0 aliphatic carbocycles. The zero-order valence-corrected chi connectivity index (χ0v) is 12.3. The van der Waals surface area contributed by atoms with Crippen LogP contribution in [0.15, 0.2) is 40.5 Å². The molecular weight excluding hydrogens is 288 g/mol. The Kier molecular flexibility index (Phi) is 4.50. The molecule has 0 bridgehead atoms. The van der Waals surface area contributed by atoms with E-state index in [1.807, 2.05) is 19.9 Å². The number of hydrogen-bond donors (Lipinski definition) is 0. The molecule has 106 valence electrons. The Hall–Kier alpha value is -2.46. The smallest absolute Gasteiger partial charge is 0.258 e. The van der Waals surface area contributed by atoms with Gasteiger partial charge in [0.05, 0.1) is 10.5 Å². The van der Waals surface area contributed by atoms with Gasteiger partial charge in [-0.3, -0.25) is 10.1 Å². The Bertz CT molecular complexity index is 725. The third-order valence-corrected chi connectivity index (χ3v) is 3.75. The van der Waals surface area contributed by atoms with Crippen LogP contribution in [-0.4, -0.2) is 14.9 Å². The lowest BCUT2D eigenvalue weighted by molar-refractivity contribution is -0.388. The minimum Gasteiger partial charge on any atom is -0.258 e. The third kappa shape index (κ3) is 3.35. The van der Waals surface area contributed by atoms with Crippen molar-refractivity contribution >= 4 is 17.4 Å². The van der Waals surface area contributed by atoms with E-state index in [-0.39, 0.29) is 16.6 Å². The monoisotopic (exact) mass is 300 g/mol. The molecule has 2 rings (SSSR count). The van der Waals surface area contributed by atoms with Crippen molar-refractivity contribution in [3.05, 3.63) is 51.8 Å². The van der Waals surface area contributed by atoms with Crippen molar-refractivity contribution in [3.8, 4) is 6.07 Å². The summed E-state index contributed by atoms with van der Waals surface area (Å²) in [4.78, 5) is 18.9. The second-order valence-corrected chi connectivity index (χ2v) is 5.52. The zero-order chi connectivity index (χ0) is 15.4. The second-order valence-electron chi connectivity index (χ2n) is 4.54. The normalized spacial score (nSPS) is 10.4. The van der Waals surface area contributed by atoms with Crippen LogP contribution in [0.25, 0.3) is 0 Å². The van der Waals surface area contributed by atoms with Crippen molar-refractivity contribution in [2.24, 2.45) is 0 Å². The first-order chi connectivity index (χ1) is 10.0. The van der Waals surface area contributed by atoms with Crippen LogP contribution in [0.1, 0.15) is 31.0 Å². The number of nitrogens with zero attached hydrogens (tertiary/aromatic N) is 4. The highest BCUT2D eigenvalue weighted by atomic mass is 32.2. The third-order valence-electron chi connectivity index (χ3n) is 2.73. The van der Waals surface area contributed by atoms with Crippen LogP contribution in [0.2, 0.25) is 0 Å². The number of nitro groups is 1. The summed E-state index contributed by atoms with van der Waals surface area (Å²) < 4.78 is 0. The fraction of sp³-hybridized carbons (Fsp3) is 0.214. The quantitative estimate of drug-likeness (QED) is 0.633. The van der Waals surface area contributed by atoms with Gasteiger partial charge in [0.15, 0.2) is 5.03 Å². The molecule has 7 heteroatoms. The van der Waals surface area contributed by atoms with Crippen LogP contribution in [0.3, 0.4) is 0 Å². The van der Waals surface area contributed by atoms with Crippen LogP contribution in [0.5, 0.6) is 0 Å². The van der Waals surface area contributed by atoms with Crippen molar-refractivity contribution in [2.45, 2.75) is 29.8 Å². The van der Waals surface area contributed by atoms with E-state index in [1.54, 1.807) is 12.1 Å². The highest BCUT2D eigenvalue weighted by molar-refractivity contribution is 7.99. The van der Waals surface area contributed by atoms with Gasteiger partial charge < -0.3 is 0 Å². The molecule has 0 saturated heterocycles. The van der Waals surface area contributed by atoms with Gasteiger partial charge in [0.1, 0.15) is 11.1 Å². The average Bonchev–Trinajstić information content (AvgIpc) is 2.47. The lowest BCUT2D eigenvalue weighted by Gasteiger charge is -2.08. The Morgan fingerprint density at radius 1 is 1.33 bits per heavy atom. The Balaban J connectivity index is 2.46. The van der Waals surface area contributed by atoms with E-state index in [2.05, 4.69) is 9.97 Å². The van der Waals surface area contributed by atoms with E-state index < -0.39 is 4.92 Å². The lowest BCUT2D eigenvalue weighted by Crippen LogP contribution is -1.98. The van der Waals surface area contributed by atoms with Gasteiger partial charge >= 0.3 is 5.69 Å². The minimum atomic E-state index is -0.492. The van der Waals surface area contributed by atoms with Crippen molar-refractivity contribution in [3.63, 3.8) is 0 Å². The maximum Gasteiger partial charge on any atom is 0.301 e. The summed E-state index contributed by atoms with van der Waals surface area (Å²) in [6.45, 7) is 3.98. The van der Waals surface area contributed by atoms with E-state index in [0.29, 0.717) is 10.6 Å². The molecule has 2 heterocycles. The summed E-state index contributed by atoms with van der Waals surface area (Å²) in [7, 11) is 0. The topological polar surface area (TPSA) is 92.7 Å². The van der Waals surface area contributed by atoms with Gasteiger partial charge in [0.2, 0.25) is 0 Å². The molecule has 2 aromatic heterocycles. The minimum absolute atomic E-state index is 0.0943. The number of rotatable bonds is 4. The van der Waals surface area contributed by atoms with E-state index in [4.69, 9.17) is 5.26 Å². The van der Waals surface area contributed by atoms with Crippen molar-refractivity contribution in [1.82, 2.24) is 9.97 Å². The van der Waals surface area contributed by atoms with Crippen LogP contribution in [-0.2, 0) is 0 Å². The molecule has 0 fully saturated rings. The van der Waals surface area contributed by atoms with E-state index in [1.165, 1.54) is 18.3 Å². The molecule has 6 nitrogen and oxygen atoms in total. The Morgan fingerprint density at radius 2 is 2.10 bits per heavy atom. The predicted octanol–water partition coefficient (Wildman–Crippen LogP) is 3.53. The first-order valence-corrected chi connectivity index (χ1v) is 7.03. The summed E-state index contributed by atoms with van der Waals surface area (Å²) in [5, 5.41) is 20.8.